The summed E-state index contributed by atoms with van der Waals surface area (Å²) < 4.78 is 26.2. The lowest BCUT2D eigenvalue weighted by Gasteiger charge is -2.11. The Morgan fingerprint density at radius 1 is 1.47 bits per heavy atom. The van der Waals surface area contributed by atoms with Crippen LogP contribution in [0.1, 0.15) is 31.6 Å². The van der Waals surface area contributed by atoms with E-state index < -0.39 is 15.9 Å². The largest absolute Gasteiger partial charge is 0.273 e. The van der Waals surface area contributed by atoms with Crippen LogP contribution < -0.4 is 4.72 Å². The Kier molecular flexibility index (Phi) is 6.35. The highest BCUT2D eigenvalue weighted by Gasteiger charge is 2.22. The molecule has 1 atom stereocenters. The number of thiophene rings is 1. The second-order valence-electron chi connectivity index (χ2n) is 4.20. The first-order valence-corrected chi connectivity index (χ1v) is 9.46. The molecule has 7 heteroatoms. The van der Waals surface area contributed by atoms with E-state index in [0.29, 0.717) is 0 Å². The van der Waals surface area contributed by atoms with E-state index >= 15 is 0 Å². The Hall–Kier alpha value is -0.530. The SMILES string of the molecule is CCCCS[C@H](C)C(=O)NS(=O)(=O)c1ccc(C)s1. The van der Waals surface area contributed by atoms with Gasteiger partial charge >= 0.3 is 0 Å². The molecule has 0 saturated carbocycles. The van der Waals surface area contributed by atoms with E-state index in [1.54, 1.807) is 13.0 Å². The smallest absolute Gasteiger partial charge is 0.273 e. The Morgan fingerprint density at radius 3 is 2.68 bits per heavy atom. The highest BCUT2D eigenvalue weighted by atomic mass is 32.2. The van der Waals surface area contributed by atoms with E-state index in [9.17, 15) is 13.2 Å². The van der Waals surface area contributed by atoms with Gasteiger partial charge in [-0.25, -0.2) is 13.1 Å². The number of sulfonamides is 1. The van der Waals surface area contributed by atoms with Crippen LogP contribution in [0, 0.1) is 6.92 Å². The molecule has 1 rings (SSSR count). The molecule has 0 aromatic carbocycles. The molecule has 0 aliphatic rings. The van der Waals surface area contributed by atoms with E-state index in [1.165, 1.54) is 17.8 Å². The first kappa shape index (κ1) is 16.5. The Labute approximate surface area is 123 Å². The lowest BCUT2D eigenvalue weighted by Crippen LogP contribution is -2.35. The molecular weight excluding hydrogens is 302 g/mol. The maximum Gasteiger partial charge on any atom is 0.273 e. The fraction of sp³-hybridized carbons (Fsp3) is 0.583. The van der Waals surface area contributed by atoms with Crippen molar-refractivity contribution in [3.63, 3.8) is 0 Å². The zero-order chi connectivity index (χ0) is 14.5. The van der Waals surface area contributed by atoms with Crippen molar-refractivity contribution in [2.75, 3.05) is 5.75 Å². The number of carbonyl (C=O) groups excluding carboxylic acids is 1. The van der Waals surface area contributed by atoms with Crippen molar-refractivity contribution in [2.24, 2.45) is 0 Å². The summed E-state index contributed by atoms with van der Waals surface area (Å²) >= 11 is 2.64. The van der Waals surface area contributed by atoms with Crippen molar-refractivity contribution in [1.29, 1.82) is 0 Å². The van der Waals surface area contributed by atoms with Gasteiger partial charge in [0.15, 0.2) is 0 Å². The lowest BCUT2D eigenvalue weighted by atomic mass is 10.4. The second kappa shape index (κ2) is 7.31. The monoisotopic (exact) mass is 321 g/mol. The minimum Gasteiger partial charge on any atom is -0.273 e. The number of hydrogen-bond donors (Lipinski definition) is 1. The van der Waals surface area contributed by atoms with Crippen molar-refractivity contribution in [3.8, 4) is 0 Å². The van der Waals surface area contributed by atoms with Crippen molar-refractivity contribution in [1.82, 2.24) is 4.72 Å². The molecule has 0 saturated heterocycles. The van der Waals surface area contributed by atoms with Crippen molar-refractivity contribution < 1.29 is 13.2 Å². The Balaban J connectivity index is 2.60. The maximum atomic E-state index is 12.0. The van der Waals surface area contributed by atoms with Gasteiger partial charge in [0.1, 0.15) is 4.21 Å². The predicted molar refractivity (Wildman–Crippen MR) is 81.2 cm³/mol. The predicted octanol–water partition coefficient (Wildman–Crippen LogP) is 2.78. The molecule has 0 aliphatic carbocycles. The van der Waals surface area contributed by atoms with Crippen LogP contribution in [-0.2, 0) is 14.8 Å². The third-order valence-electron chi connectivity index (χ3n) is 2.45. The standard InChI is InChI=1S/C12H19NO3S3/c1-4-5-8-17-10(3)12(14)13-19(15,16)11-7-6-9(2)18-11/h6-7,10H,4-5,8H2,1-3H3,(H,13,14)/t10-/m1/s1. The van der Waals surface area contributed by atoms with Gasteiger partial charge in [0, 0.05) is 4.88 Å². The van der Waals surface area contributed by atoms with Gasteiger partial charge in [-0.3, -0.25) is 4.79 Å². The summed E-state index contributed by atoms with van der Waals surface area (Å²) in [5.74, 6) is 0.413. The first-order chi connectivity index (χ1) is 8.86. The molecule has 1 aromatic heterocycles. The van der Waals surface area contributed by atoms with Crippen LogP contribution in [0.5, 0.6) is 0 Å². The third-order valence-corrected chi connectivity index (χ3v) is 6.53. The van der Waals surface area contributed by atoms with E-state index in [1.807, 2.05) is 6.92 Å². The summed E-state index contributed by atoms with van der Waals surface area (Å²) in [5.41, 5.74) is 0. The van der Waals surface area contributed by atoms with Crippen molar-refractivity contribution in [2.45, 2.75) is 43.1 Å². The van der Waals surface area contributed by atoms with Gasteiger partial charge in [0.05, 0.1) is 5.25 Å². The molecule has 0 bridgehead atoms. The molecule has 108 valence electrons. The molecule has 0 spiro atoms. The van der Waals surface area contributed by atoms with E-state index in [0.717, 1.165) is 34.8 Å². The third kappa shape index (κ3) is 5.16. The maximum absolute atomic E-state index is 12.0. The molecular formula is C12H19NO3S3. The Morgan fingerprint density at radius 2 is 2.16 bits per heavy atom. The fourth-order valence-corrected chi connectivity index (χ4v) is 4.73. The van der Waals surface area contributed by atoms with Crippen LogP contribution in [0.15, 0.2) is 16.3 Å². The Bertz CT molecular complexity index is 522. The lowest BCUT2D eigenvalue weighted by molar-refractivity contribution is -0.118. The molecule has 0 aliphatic heterocycles. The quantitative estimate of drug-likeness (QED) is 0.784. The average molecular weight is 321 g/mol. The molecule has 1 aromatic rings. The molecule has 1 amide bonds. The fourth-order valence-electron chi connectivity index (χ4n) is 1.30. The van der Waals surface area contributed by atoms with Gasteiger partial charge in [0.2, 0.25) is 5.91 Å². The topological polar surface area (TPSA) is 63.2 Å². The van der Waals surface area contributed by atoms with E-state index in [2.05, 4.69) is 11.6 Å². The molecule has 0 unspecified atom stereocenters. The minimum atomic E-state index is -3.71. The zero-order valence-corrected chi connectivity index (χ0v) is 13.8. The molecule has 0 fully saturated rings. The molecule has 1 N–H and O–H groups in total. The van der Waals surface area contributed by atoms with Gasteiger partial charge < -0.3 is 0 Å². The van der Waals surface area contributed by atoms with Crippen LogP contribution >= 0.6 is 23.1 Å². The summed E-state index contributed by atoms with van der Waals surface area (Å²) in [6.45, 7) is 5.63. The number of thioether (sulfide) groups is 1. The number of nitrogens with one attached hydrogen (secondary N) is 1. The summed E-state index contributed by atoms with van der Waals surface area (Å²) in [6, 6.07) is 3.24. The highest BCUT2D eigenvalue weighted by molar-refractivity contribution is 8.00. The normalized spacial score (nSPS) is 13.2. The van der Waals surface area contributed by atoms with Gasteiger partial charge in [0.25, 0.3) is 10.0 Å². The molecule has 4 nitrogen and oxygen atoms in total. The first-order valence-electron chi connectivity index (χ1n) is 6.11. The summed E-state index contributed by atoms with van der Waals surface area (Å²) in [5, 5.41) is -0.359. The number of amides is 1. The van der Waals surface area contributed by atoms with Crippen molar-refractivity contribution >= 4 is 39.0 Å². The summed E-state index contributed by atoms with van der Waals surface area (Å²) in [6.07, 6.45) is 2.09. The molecule has 1 heterocycles. The second-order valence-corrected chi connectivity index (χ2v) is 8.85. The van der Waals surface area contributed by atoms with Crippen LogP contribution in [0.25, 0.3) is 0 Å². The number of rotatable bonds is 7. The van der Waals surface area contributed by atoms with E-state index in [-0.39, 0.29) is 9.46 Å². The summed E-state index contributed by atoms with van der Waals surface area (Å²) in [7, 11) is -3.71. The highest BCUT2D eigenvalue weighted by Crippen LogP contribution is 2.21. The molecule has 19 heavy (non-hydrogen) atoms. The number of unbranched alkanes of at least 4 members (excludes halogenated alkanes) is 1. The van der Waals surface area contributed by atoms with Crippen LogP contribution in [0.3, 0.4) is 0 Å². The number of aryl methyl sites for hydroxylation is 1. The number of hydrogen-bond acceptors (Lipinski definition) is 5. The van der Waals surface area contributed by atoms with Gasteiger partial charge in [-0.15, -0.1) is 23.1 Å². The van der Waals surface area contributed by atoms with Crippen LogP contribution in [0.2, 0.25) is 0 Å². The molecule has 0 radical (unpaired) electrons. The average Bonchev–Trinajstić information content (AvgIpc) is 2.76. The zero-order valence-electron chi connectivity index (χ0n) is 11.3. The van der Waals surface area contributed by atoms with Crippen molar-refractivity contribution in [3.05, 3.63) is 17.0 Å². The van der Waals surface area contributed by atoms with Crippen LogP contribution in [-0.4, -0.2) is 25.3 Å². The van der Waals surface area contributed by atoms with Gasteiger partial charge in [-0.2, -0.15) is 0 Å². The summed E-state index contributed by atoms with van der Waals surface area (Å²) in [4.78, 5) is 12.7. The van der Waals surface area contributed by atoms with E-state index in [4.69, 9.17) is 0 Å². The van der Waals surface area contributed by atoms with Gasteiger partial charge in [-0.1, -0.05) is 13.3 Å². The minimum absolute atomic E-state index is 0.184. The van der Waals surface area contributed by atoms with Crippen LogP contribution in [0.4, 0.5) is 0 Å². The number of carbonyl (C=O) groups is 1. The van der Waals surface area contributed by atoms with Gasteiger partial charge in [-0.05, 0) is 38.2 Å².